The van der Waals surface area contributed by atoms with Crippen LogP contribution in [0, 0.1) is 28.9 Å². The van der Waals surface area contributed by atoms with E-state index >= 15 is 0 Å². The number of hydrogen-bond donors (Lipinski definition) is 2. The minimum atomic E-state index is -1.06. The smallest absolute Gasteiger partial charge is 0.290 e. The van der Waals surface area contributed by atoms with Gasteiger partial charge in [-0.05, 0) is 30.0 Å². The maximum absolute atomic E-state index is 14.2. The van der Waals surface area contributed by atoms with Crippen molar-refractivity contribution >= 4 is 34.4 Å². The number of carbonyl (C=O) groups excluding carboxylic acids is 3. The molecule has 3 heterocycles. The van der Waals surface area contributed by atoms with E-state index in [2.05, 4.69) is 21.4 Å². The molecule has 0 aliphatic carbocycles. The summed E-state index contributed by atoms with van der Waals surface area (Å²) < 4.78 is 27.8. The highest BCUT2D eigenvalue weighted by Gasteiger charge is 2.56. The Morgan fingerprint density at radius 1 is 1.29 bits per heavy atom. The first kappa shape index (κ1) is 25.3. The first-order chi connectivity index (χ1) is 18.1. The van der Waals surface area contributed by atoms with Crippen LogP contribution in [0.2, 0.25) is 0 Å². The Bertz CT molecular complexity index is 1510. The Morgan fingerprint density at radius 3 is 2.74 bits per heavy atom. The number of rotatable bonds is 5. The van der Waals surface area contributed by atoms with Crippen LogP contribution >= 0.6 is 0 Å². The maximum atomic E-state index is 14.2. The normalized spacial score (nSPS) is 21.0. The molecule has 2 N–H and O–H groups in total. The number of imidazole rings is 1. The fraction of sp³-hybridized carbons (Fsp3) is 0.370. The van der Waals surface area contributed by atoms with Crippen molar-refractivity contribution in [2.45, 2.75) is 44.2 Å². The Hall–Kier alpha value is -4.33. The number of fused-ring (bicyclic) bond motifs is 3. The van der Waals surface area contributed by atoms with E-state index in [0.29, 0.717) is 11.8 Å². The maximum Gasteiger partial charge on any atom is 0.290 e. The molecule has 1 spiro atoms. The monoisotopic (exact) mass is 520 g/mol. The number of halogens is 2. The molecule has 38 heavy (non-hydrogen) atoms. The molecule has 1 aromatic heterocycles. The van der Waals surface area contributed by atoms with Crippen molar-refractivity contribution in [2.75, 3.05) is 18.9 Å². The van der Waals surface area contributed by atoms with Crippen molar-refractivity contribution < 1.29 is 23.2 Å². The van der Waals surface area contributed by atoms with Gasteiger partial charge in [0.15, 0.2) is 11.6 Å². The Morgan fingerprint density at radius 2 is 2.03 bits per heavy atom. The van der Waals surface area contributed by atoms with Gasteiger partial charge in [0.2, 0.25) is 11.8 Å². The molecule has 0 saturated carbocycles. The number of likely N-dealkylation sites (tertiary alicyclic amines) is 1. The van der Waals surface area contributed by atoms with Gasteiger partial charge in [-0.15, -0.1) is 0 Å². The number of amides is 3. The van der Waals surface area contributed by atoms with Crippen LogP contribution in [0.25, 0.3) is 11.0 Å². The summed E-state index contributed by atoms with van der Waals surface area (Å²) in [4.78, 5) is 49.7. The van der Waals surface area contributed by atoms with Gasteiger partial charge in [0, 0.05) is 31.8 Å². The fourth-order valence-electron chi connectivity index (χ4n) is 5.50. The lowest BCUT2D eigenvalue weighted by Crippen LogP contribution is -2.52. The minimum absolute atomic E-state index is 0.00133. The van der Waals surface area contributed by atoms with E-state index in [4.69, 9.17) is 0 Å². The molecule has 196 valence electrons. The molecule has 3 amide bonds. The average molecular weight is 521 g/mol. The van der Waals surface area contributed by atoms with Crippen molar-refractivity contribution in [3.05, 3.63) is 59.4 Å². The van der Waals surface area contributed by atoms with E-state index in [1.54, 1.807) is 12.1 Å². The van der Waals surface area contributed by atoms with Crippen molar-refractivity contribution in [3.8, 4) is 6.07 Å². The molecular weight excluding hydrogens is 494 g/mol. The minimum Gasteiger partial charge on any atom is -0.334 e. The van der Waals surface area contributed by atoms with Crippen molar-refractivity contribution in [3.63, 3.8) is 0 Å². The van der Waals surface area contributed by atoms with Crippen LogP contribution in [0.1, 0.15) is 42.9 Å². The summed E-state index contributed by atoms with van der Waals surface area (Å²) in [6.45, 7) is 3.79. The van der Waals surface area contributed by atoms with Crippen LogP contribution in [0.5, 0.6) is 0 Å². The summed E-state index contributed by atoms with van der Waals surface area (Å²) in [6, 6.07) is 9.22. The molecule has 5 rings (SSSR count). The summed E-state index contributed by atoms with van der Waals surface area (Å²) in [6.07, 6.45) is 0.410. The highest BCUT2D eigenvalue weighted by molar-refractivity contribution is 6.07. The van der Waals surface area contributed by atoms with Gasteiger partial charge in [-0.3, -0.25) is 14.4 Å². The summed E-state index contributed by atoms with van der Waals surface area (Å²) in [5, 5.41) is 12.8. The highest BCUT2D eigenvalue weighted by Crippen LogP contribution is 2.46. The molecule has 0 radical (unpaired) electrons. The van der Waals surface area contributed by atoms with E-state index < -0.39 is 40.9 Å². The van der Waals surface area contributed by atoms with Crippen LogP contribution in [0.4, 0.5) is 14.5 Å². The number of nitrogens with zero attached hydrogens (tertiary/aromatic N) is 4. The summed E-state index contributed by atoms with van der Waals surface area (Å²) in [5.74, 6) is -3.41. The number of aromatic amines is 1. The van der Waals surface area contributed by atoms with Gasteiger partial charge in [-0.2, -0.15) is 5.26 Å². The number of carbonyl (C=O) groups is 3. The van der Waals surface area contributed by atoms with Crippen LogP contribution in [-0.2, 0) is 15.0 Å². The lowest BCUT2D eigenvalue weighted by atomic mass is 9.80. The molecule has 2 aliphatic heterocycles. The van der Waals surface area contributed by atoms with Gasteiger partial charge < -0.3 is 20.1 Å². The molecule has 0 unspecified atom stereocenters. The van der Waals surface area contributed by atoms with Gasteiger partial charge >= 0.3 is 0 Å². The third kappa shape index (κ3) is 3.97. The van der Waals surface area contributed by atoms with E-state index in [1.165, 1.54) is 16.8 Å². The zero-order chi connectivity index (χ0) is 27.4. The second-order valence-electron chi connectivity index (χ2n) is 10.3. The summed E-state index contributed by atoms with van der Waals surface area (Å²) in [5.41, 5.74) is 0.164. The van der Waals surface area contributed by atoms with Crippen LogP contribution in [0.15, 0.2) is 36.4 Å². The first-order valence-corrected chi connectivity index (χ1v) is 12.3. The third-order valence-electron chi connectivity index (χ3n) is 7.39. The quantitative estimate of drug-likeness (QED) is 0.534. The molecular formula is C27H26F2N6O3. The molecule has 11 heteroatoms. The molecule has 3 aromatic rings. The topological polar surface area (TPSA) is 122 Å². The van der Waals surface area contributed by atoms with E-state index in [1.807, 2.05) is 26.0 Å². The number of hydrogen-bond acceptors (Lipinski definition) is 5. The van der Waals surface area contributed by atoms with Gasteiger partial charge in [0.05, 0.1) is 17.0 Å². The molecule has 1 saturated heterocycles. The molecule has 1 fully saturated rings. The number of nitrogens with one attached hydrogen (secondary N) is 2. The Balaban J connectivity index is 1.46. The van der Waals surface area contributed by atoms with E-state index in [9.17, 15) is 28.4 Å². The molecule has 0 bridgehead atoms. The van der Waals surface area contributed by atoms with Gasteiger partial charge in [-0.25, -0.2) is 13.8 Å². The SMILES string of the molecule is CC(C)C[C@@H](C(=O)N1C[C@]2(C[C@H]1C#N)C(=O)Nc1ccccc12)N(C)C(=O)c1nc2c(F)cc(F)cc2[nH]1. The predicted molar refractivity (Wildman–Crippen MR) is 134 cm³/mol. The highest BCUT2D eigenvalue weighted by atomic mass is 19.1. The van der Waals surface area contributed by atoms with Gasteiger partial charge in [-0.1, -0.05) is 32.0 Å². The zero-order valence-corrected chi connectivity index (χ0v) is 21.1. The van der Waals surface area contributed by atoms with E-state index in [-0.39, 0.29) is 48.1 Å². The molecule has 2 aromatic carbocycles. The number of anilines is 1. The second-order valence-corrected chi connectivity index (χ2v) is 10.3. The van der Waals surface area contributed by atoms with Crippen LogP contribution < -0.4 is 5.32 Å². The number of likely N-dealkylation sites (N-methyl/N-ethyl adjacent to an activating group) is 1. The molecule has 3 atom stereocenters. The Labute approximate surface area is 217 Å². The van der Waals surface area contributed by atoms with Crippen molar-refractivity contribution in [2.24, 2.45) is 5.92 Å². The lowest BCUT2D eigenvalue weighted by Gasteiger charge is -2.33. The van der Waals surface area contributed by atoms with Crippen LogP contribution in [0.3, 0.4) is 0 Å². The lowest BCUT2D eigenvalue weighted by molar-refractivity contribution is -0.136. The zero-order valence-electron chi connectivity index (χ0n) is 21.1. The fourth-order valence-corrected chi connectivity index (χ4v) is 5.50. The van der Waals surface area contributed by atoms with Gasteiger partial charge in [0.1, 0.15) is 23.4 Å². The van der Waals surface area contributed by atoms with Crippen molar-refractivity contribution in [1.82, 2.24) is 19.8 Å². The molecule has 2 aliphatic rings. The number of aromatic nitrogens is 2. The summed E-state index contributed by atoms with van der Waals surface area (Å²) >= 11 is 0. The van der Waals surface area contributed by atoms with E-state index in [0.717, 1.165) is 11.6 Å². The summed E-state index contributed by atoms with van der Waals surface area (Å²) in [7, 11) is 1.43. The molecule has 9 nitrogen and oxygen atoms in total. The van der Waals surface area contributed by atoms with Crippen molar-refractivity contribution in [1.29, 1.82) is 5.26 Å². The Kier molecular flexibility index (Phi) is 6.13. The van der Waals surface area contributed by atoms with Gasteiger partial charge in [0.25, 0.3) is 5.91 Å². The standard InChI is InChI=1S/C27H26F2N6O3/c1-14(2)8-21(34(3)25(37)23-31-20-10-15(28)9-18(29)22(20)33-23)24(36)35-13-27(11-16(35)12-30)17-6-4-5-7-19(17)32-26(27)38/h4-7,9-10,14,16,21H,8,11,13H2,1-3H3,(H,31,33)(H,32,38)/t16-,21-,27-/m0/s1. The number of H-pyrrole nitrogens is 1. The number of para-hydroxylation sites is 1. The third-order valence-corrected chi connectivity index (χ3v) is 7.39. The number of nitriles is 1. The largest absolute Gasteiger partial charge is 0.334 e. The predicted octanol–water partition coefficient (Wildman–Crippen LogP) is 3.34. The second kappa shape index (κ2) is 9.20. The number of benzene rings is 2. The average Bonchev–Trinajstić information content (AvgIpc) is 3.56. The first-order valence-electron chi connectivity index (χ1n) is 12.3. The van der Waals surface area contributed by atoms with Crippen LogP contribution in [-0.4, -0.2) is 63.2 Å².